The molecule has 1 N–H and O–H groups in total. The molecule has 1 aliphatic heterocycles. The minimum atomic E-state index is 0.305. The minimum absolute atomic E-state index is 0.305. The zero-order valence-electron chi connectivity index (χ0n) is 12.3. The predicted molar refractivity (Wildman–Crippen MR) is 73.3 cm³/mol. The summed E-state index contributed by atoms with van der Waals surface area (Å²) in [6, 6.07) is 0.535. The van der Waals surface area contributed by atoms with Crippen molar-refractivity contribution in [3.8, 4) is 0 Å². The molecule has 1 fully saturated rings. The summed E-state index contributed by atoms with van der Waals surface area (Å²) in [5, 5.41) is 3.36. The topological polar surface area (TPSA) is 24.5 Å². The average Bonchev–Trinajstić information content (AvgIpc) is 2.28. The van der Waals surface area contributed by atoms with Crippen molar-refractivity contribution in [1.29, 1.82) is 0 Å². The first-order valence-corrected chi connectivity index (χ1v) is 6.89. The summed E-state index contributed by atoms with van der Waals surface area (Å²) in [7, 11) is 4.28. The first-order valence-electron chi connectivity index (χ1n) is 6.89. The molecule has 3 heteroatoms. The van der Waals surface area contributed by atoms with Crippen LogP contribution in [0.15, 0.2) is 0 Å². The molecular formula is C14H30N2O. The van der Waals surface area contributed by atoms with E-state index in [4.69, 9.17) is 4.74 Å². The molecule has 2 unspecified atom stereocenters. The first-order chi connectivity index (χ1) is 7.95. The number of ether oxygens (including phenoxy) is 1. The SMILES string of the molecule is CNC(C)C(C)(C)CN(C)CC1CCCOC1. The Kier molecular flexibility index (Phi) is 5.90. The van der Waals surface area contributed by atoms with Gasteiger partial charge in [-0.1, -0.05) is 13.8 Å². The van der Waals surface area contributed by atoms with Gasteiger partial charge in [0.2, 0.25) is 0 Å². The highest BCUT2D eigenvalue weighted by Crippen LogP contribution is 2.23. The van der Waals surface area contributed by atoms with Crippen LogP contribution in [0.2, 0.25) is 0 Å². The molecule has 0 radical (unpaired) electrons. The molecule has 0 aromatic carbocycles. The fraction of sp³-hybridized carbons (Fsp3) is 1.00. The predicted octanol–water partition coefficient (Wildman–Crippen LogP) is 1.98. The van der Waals surface area contributed by atoms with Gasteiger partial charge >= 0.3 is 0 Å². The van der Waals surface area contributed by atoms with E-state index >= 15 is 0 Å². The summed E-state index contributed by atoms with van der Waals surface area (Å²) in [4.78, 5) is 2.47. The van der Waals surface area contributed by atoms with Crippen LogP contribution < -0.4 is 5.32 Å². The van der Waals surface area contributed by atoms with Crippen molar-refractivity contribution >= 4 is 0 Å². The van der Waals surface area contributed by atoms with Crippen LogP contribution >= 0.6 is 0 Å². The lowest BCUT2D eigenvalue weighted by atomic mass is 9.84. The molecule has 3 nitrogen and oxygen atoms in total. The molecule has 1 saturated heterocycles. The normalized spacial score (nSPS) is 24.0. The highest BCUT2D eigenvalue weighted by molar-refractivity contribution is 4.83. The van der Waals surface area contributed by atoms with Gasteiger partial charge in [0, 0.05) is 25.7 Å². The zero-order chi connectivity index (χ0) is 12.9. The fourth-order valence-electron chi connectivity index (χ4n) is 2.68. The van der Waals surface area contributed by atoms with Crippen molar-refractivity contribution in [1.82, 2.24) is 10.2 Å². The maximum Gasteiger partial charge on any atom is 0.0506 e. The summed E-state index contributed by atoms with van der Waals surface area (Å²) in [5.41, 5.74) is 0.305. The Labute approximate surface area is 107 Å². The molecule has 0 amide bonds. The van der Waals surface area contributed by atoms with E-state index < -0.39 is 0 Å². The molecule has 0 bridgehead atoms. The van der Waals surface area contributed by atoms with Gasteiger partial charge in [-0.05, 0) is 45.2 Å². The van der Waals surface area contributed by atoms with Gasteiger partial charge < -0.3 is 15.0 Å². The van der Waals surface area contributed by atoms with Crippen molar-refractivity contribution < 1.29 is 4.74 Å². The summed E-state index contributed by atoms with van der Waals surface area (Å²) in [5.74, 6) is 0.731. The monoisotopic (exact) mass is 242 g/mol. The molecule has 0 aromatic heterocycles. The van der Waals surface area contributed by atoms with Crippen LogP contribution in [-0.4, -0.2) is 51.3 Å². The van der Waals surface area contributed by atoms with Crippen LogP contribution in [0.3, 0.4) is 0 Å². The van der Waals surface area contributed by atoms with E-state index in [2.05, 4.69) is 38.0 Å². The number of hydrogen-bond acceptors (Lipinski definition) is 3. The first kappa shape index (κ1) is 14.9. The lowest BCUT2D eigenvalue weighted by Gasteiger charge is -2.37. The van der Waals surface area contributed by atoms with Crippen LogP contribution in [0.4, 0.5) is 0 Å². The second-order valence-electron chi connectivity index (χ2n) is 6.28. The number of hydrogen-bond donors (Lipinski definition) is 1. The largest absolute Gasteiger partial charge is 0.381 e. The maximum atomic E-state index is 5.54. The Hall–Kier alpha value is -0.120. The second kappa shape index (κ2) is 6.72. The Morgan fingerprint density at radius 3 is 2.71 bits per heavy atom. The van der Waals surface area contributed by atoms with Crippen molar-refractivity contribution in [2.75, 3.05) is 40.4 Å². The lowest BCUT2D eigenvalue weighted by Crippen LogP contribution is -2.46. The third kappa shape index (κ3) is 4.94. The summed E-state index contributed by atoms with van der Waals surface area (Å²) >= 11 is 0. The zero-order valence-corrected chi connectivity index (χ0v) is 12.3. The number of rotatable bonds is 6. The highest BCUT2D eigenvalue weighted by atomic mass is 16.5. The quantitative estimate of drug-likeness (QED) is 0.771. The van der Waals surface area contributed by atoms with Crippen molar-refractivity contribution in [3.63, 3.8) is 0 Å². The van der Waals surface area contributed by atoms with E-state index in [1.54, 1.807) is 0 Å². The molecule has 1 aliphatic rings. The van der Waals surface area contributed by atoms with E-state index in [0.717, 1.165) is 25.7 Å². The van der Waals surface area contributed by atoms with Gasteiger partial charge in [0.1, 0.15) is 0 Å². The van der Waals surface area contributed by atoms with Gasteiger partial charge in [-0.25, -0.2) is 0 Å². The number of nitrogens with zero attached hydrogens (tertiary/aromatic N) is 1. The summed E-state index contributed by atoms with van der Waals surface area (Å²) in [6.45, 7) is 11.1. The third-order valence-corrected chi connectivity index (χ3v) is 4.11. The van der Waals surface area contributed by atoms with Gasteiger partial charge in [0.05, 0.1) is 6.61 Å². The fourth-order valence-corrected chi connectivity index (χ4v) is 2.68. The molecule has 0 aromatic rings. The molecule has 0 aliphatic carbocycles. The lowest BCUT2D eigenvalue weighted by molar-refractivity contribution is 0.0355. The average molecular weight is 242 g/mol. The Balaban J connectivity index is 2.34. The Bertz CT molecular complexity index is 212. The van der Waals surface area contributed by atoms with E-state index in [9.17, 15) is 0 Å². The van der Waals surface area contributed by atoms with E-state index in [0.29, 0.717) is 11.5 Å². The summed E-state index contributed by atoms with van der Waals surface area (Å²) < 4.78 is 5.54. The molecular weight excluding hydrogens is 212 g/mol. The van der Waals surface area contributed by atoms with E-state index in [-0.39, 0.29) is 0 Å². The van der Waals surface area contributed by atoms with Crippen LogP contribution in [0.1, 0.15) is 33.6 Å². The molecule has 0 spiro atoms. The van der Waals surface area contributed by atoms with Gasteiger partial charge in [0.25, 0.3) is 0 Å². The van der Waals surface area contributed by atoms with Gasteiger partial charge in [-0.3, -0.25) is 0 Å². The minimum Gasteiger partial charge on any atom is -0.381 e. The van der Waals surface area contributed by atoms with Gasteiger partial charge in [-0.15, -0.1) is 0 Å². The van der Waals surface area contributed by atoms with Crippen LogP contribution in [0.5, 0.6) is 0 Å². The Morgan fingerprint density at radius 1 is 1.47 bits per heavy atom. The smallest absolute Gasteiger partial charge is 0.0506 e. The molecule has 2 atom stereocenters. The van der Waals surface area contributed by atoms with Gasteiger partial charge in [0.15, 0.2) is 0 Å². The maximum absolute atomic E-state index is 5.54. The van der Waals surface area contributed by atoms with Crippen LogP contribution in [-0.2, 0) is 4.74 Å². The number of nitrogens with one attached hydrogen (secondary N) is 1. The van der Waals surface area contributed by atoms with Crippen molar-refractivity contribution in [3.05, 3.63) is 0 Å². The second-order valence-corrected chi connectivity index (χ2v) is 6.28. The Morgan fingerprint density at radius 2 is 2.18 bits per heavy atom. The van der Waals surface area contributed by atoms with E-state index in [1.165, 1.54) is 19.4 Å². The molecule has 0 saturated carbocycles. The van der Waals surface area contributed by atoms with Gasteiger partial charge in [-0.2, -0.15) is 0 Å². The molecule has 1 heterocycles. The highest BCUT2D eigenvalue weighted by Gasteiger charge is 2.27. The summed E-state index contributed by atoms with van der Waals surface area (Å²) in [6.07, 6.45) is 2.56. The molecule has 17 heavy (non-hydrogen) atoms. The van der Waals surface area contributed by atoms with Crippen molar-refractivity contribution in [2.24, 2.45) is 11.3 Å². The van der Waals surface area contributed by atoms with Crippen LogP contribution in [0.25, 0.3) is 0 Å². The van der Waals surface area contributed by atoms with E-state index in [1.807, 2.05) is 7.05 Å². The van der Waals surface area contributed by atoms with Crippen molar-refractivity contribution in [2.45, 2.75) is 39.7 Å². The standard InChI is InChI=1S/C14H30N2O/c1-12(15-4)14(2,3)11-16(5)9-13-7-6-8-17-10-13/h12-13,15H,6-11H2,1-5H3. The van der Waals surface area contributed by atoms with Crippen LogP contribution in [0, 0.1) is 11.3 Å². The molecule has 102 valence electrons. The third-order valence-electron chi connectivity index (χ3n) is 4.11. The molecule has 1 rings (SSSR count).